The Balaban J connectivity index is 0.00000392. The lowest BCUT2D eigenvalue weighted by Gasteiger charge is -2.16. The first-order chi connectivity index (χ1) is 13.2. The van der Waals surface area contributed by atoms with E-state index in [1.807, 2.05) is 0 Å². The van der Waals surface area contributed by atoms with Gasteiger partial charge in [-0.2, -0.15) is 0 Å². The number of nitrogens with zero attached hydrogens (tertiary/aromatic N) is 2. The highest BCUT2D eigenvalue weighted by Gasteiger charge is 2.06. The monoisotopic (exact) mass is 501 g/mol. The molecule has 0 amide bonds. The Bertz CT molecular complexity index is 716. The summed E-state index contributed by atoms with van der Waals surface area (Å²) in [6.07, 6.45) is 4.14. The molecule has 2 aromatic rings. The van der Waals surface area contributed by atoms with Crippen molar-refractivity contribution in [3.05, 3.63) is 35.5 Å². The van der Waals surface area contributed by atoms with Gasteiger partial charge in [-0.25, -0.2) is 0 Å². The van der Waals surface area contributed by atoms with Crippen LogP contribution in [0.15, 0.2) is 29.4 Å². The number of hydrogen-bond donors (Lipinski definition) is 3. The Hall–Kier alpha value is -1.32. The Kier molecular flexibility index (Phi) is 12.2. The topological polar surface area (TPSA) is 64.7 Å². The van der Waals surface area contributed by atoms with Gasteiger partial charge in [0.15, 0.2) is 5.96 Å². The highest BCUT2D eigenvalue weighted by atomic mass is 127. The third-order valence-electron chi connectivity index (χ3n) is 4.68. The molecule has 28 heavy (non-hydrogen) atoms. The smallest absolute Gasteiger partial charge is 0.191 e. The van der Waals surface area contributed by atoms with Crippen molar-refractivity contribution in [1.82, 2.24) is 20.5 Å². The summed E-state index contributed by atoms with van der Waals surface area (Å²) in [6, 6.07) is 6.45. The van der Waals surface area contributed by atoms with E-state index in [4.69, 9.17) is 9.73 Å². The minimum absolute atomic E-state index is 0. The molecule has 1 heterocycles. The number of halogens is 1. The zero-order valence-corrected chi connectivity index (χ0v) is 20.0. The molecule has 158 valence electrons. The van der Waals surface area contributed by atoms with Gasteiger partial charge in [-0.15, -0.1) is 24.0 Å². The van der Waals surface area contributed by atoms with Gasteiger partial charge < -0.3 is 25.3 Å². The fraction of sp³-hybridized carbons (Fsp3) is 0.571. The molecule has 1 aromatic heterocycles. The molecule has 7 heteroatoms. The van der Waals surface area contributed by atoms with Crippen LogP contribution in [0, 0.1) is 6.92 Å². The summed E-state index contributed by atoms with van der Waals surface area (Å²) in [5.41, 5.74) is 3.87. The van der Waals surface area contributed by atoms with E-state index >= 15 is 0 Å². The Labute approximate surface area is 186 Å². The van der Waals surface area contributed by atoms with Gasteiger partial charge in [0.2, 0.25) is 0 Å². The predicted octanol–water partition coefficient (Wildman–Crippen LogP) is 3.16. The van der Waals surface area contributed by atoms with Gasteiger partial charge in [0.1, 0.15) is 0 Å². The minimum atomic E-state index is 0. The number of likely N-dealkylation sites (N-methyl/N-ethyl adjacent to an activating group) is 1. The standard InChI is InChI=1S/C21H35N5O.HI/c1-5-22-21(24-12-14-26(3)13-7-15-27-4)23-11-10-18-16-25-20-17(2)8-6-9-19(18)20;/h6,8-9,16,25H,5,7,10-15H2,1-4H3,(H2,22,23,24);1H. The van der Waals surface area contributed by atoms with E-state index in [1.54, 1.807) is 7.11 Å². The number of aromatic nitrogens is 1. The van der Waals surface area contributed by atoms with Crippen molar-refractivity contribution in [3.8, 4) is 0 Å². The van der Waals surface area contributed by atoms with E-state index in [2.05, 4.69) is 65.8 Å². The van der Waals surface area contributed by atoms with E-state index in [-0.39, 0.29) is 24.0 Å². The van der Waals surface area contributed by atoms with Crippen LogP contribution in [0.25, 0.3) is 10.9 Å². The molecule has 1 aromatic carbocycles. The summed E-state index contributed by atoms with van der Waals surface area (Å²) in [5, 5.41) is 8.09. The molecule has 0 radical (unpaired) electrons. The van der Waals surface area contributed by atoms with Gasteiger partial charge in [-0.05, 0) is 44.9 Å². The largest absolute Gasteiger partial charge is 0.385 e. The third-order valence-corrected chi connectivity index (χ3v) is 4.68. The number of ether oxygens (including phenoxy) is 1. The third kappa shape index (κ3) is 7.97. The van der Waals surface area contributed by atoms with Gasteiger partial charge in [-0.1, -0.05) is 18.2 Å². The fourth-order valence-corrected chi connectivity index (χ4v) is 3.15. The first-order valence-electron chi connectivity index (χ1n) is 9.91. The zero-order chi connectivity index (χ0) is 19.5. The first-order valence-corrected chi connectivity index (χ1v) is 9.91. The lowest BCUT2D eigenvalue weighted by atomic mass is 10.1. The van der Waals surface area contributed by atoms with Crippen LogP contribution in [-0.2, 0) is 11.2 Å². The second kappa shape index (κ2) is 13.8. The fourth-order valence-electron chi connectivity index (χ4n) is 3.15. The number of benzene rings is 1. The van der Waals surface area contributed by atoms with E-state index in [1.165, 1.54) is 22.0 Å². The van der Waals surface area contributed by atoms with Crippen LogP contribution < -0.4 is 10.6 Å². The van der Waals surface area contributed by atoms with Crippen LogP contribution in [0.3, 0.4) is 0 Å². The van der Waals surface area contributed by atoms with E-state index in [0.29, 0.717) is 0 Å². The summed E-state index contributed by atoms with van der Waals surface area (Å²) >= 11 is 0. The molecule has 0 unspecified atom stereocenters. The average molecular weight is 501 g/mol. The Morgan fingerprint density at radius 3 is 2.82 bits per heavy atom. The van der Waals surface area contributed by atoms with Crippen molar-refractivity contribution < 1.29 is 4.74 Å². The molecule has 3 N–H and O–H groups in total. The van der Waals surface area contributed by atoms with Crippen LogP contribution in [0.4, 0.5) is 0 Å². The highest BCUT2D eigenvalue weighted by Crippen LogP contribution is 2.21. The van der Waals surface area contributed by atoms with Crippen molar-refractivity contribution in [2.24, 2.45) is 4.99 Å². The quantitative estimate of drug-likeness (QED) is 0.192. The molecule has 0 saturated carbocycles. The Morgan fingerprint density at radius 2 is 2.07 bits per heavy atom. The number of aryl methyl sites for hydroxylation is 1. The van der Waals surface area contributed by atoms with Crippen molar-refractivity contribution in [2.75, 3.05) is 53.5 Å². The number of para-hydroxylation sites is 1. The lowest BCUT2D eigenvalue weighted by molar-refractivity contribution is 0.180. The second-order valence-electron chi connectivity index (χ2n) is 6.90. The number of aliphatic imine (C=N–C) groups is 1. The van der Waals surface area contributed by atoms with E-state index < -0.39 is 0 Å². The predicted molar refractivity (Wildman–Crippen MR) is 130 cm³/mol. The first kappa shape index (κ1) is 24.7. The summed E-state index contributed by atoms with van der Waals surface area (Å²) in [5.74, 6) is 0.888. The Morgan fingerprint density at radius 1 is 1.25 bits per heavy atom. The lowest BCUT2D eigenvalue weighted by Crippen LogP contribution is -2.39. The summed E-state index contributed by atoms with van der Waals surface area (Å²) in [7, 11) is 3.88. The van der Waals surface area contributed by atoms with Gasteiger partial charge in [0.25, 0.3) is 0 Å². The van der Waals surface area contributed by atoms with E-state index in [0.717, 1.165) is 58.1 Å². The van der Waals surface area contributed by atoms with Gasteiger partial charge >= 0.3 is 0 Å². The molecule has 0 bridgehead atoms. The number of H-pyrrole nitrogens is 1. The molecule has 6 nitrogen and oxygen atoms in total. The van der Waals surface area contributed by atoms with Crippen molar-refractivity contribution in [1.29, 1.82) is 0 Å². The normalized spacial score (nSPS) is 11.7. The zero-order valence-electron chi connectivity index (χ0n) is 17.7. The molecule has 0 spiro atoms. The van der Waals surface area contributed by atoms with Crippen LogP contribution in [0.5, 0.6) is 0 Å². The van der Waals surface area contributed by atoms with Crippen LogP contribution in [-0.4, -0.2) is 69.3 Å². The number of guanidine groups is 1. The maximum atomic E-state index is 5.10. The summed E-state index contributed by atoms with van der Waals surface area (Å²) < 4.78 is 5.10. The molecule has 0 aliphatic rings. The molecular formula is C21H36IN5O. The van der Waals surface area contributed by atoms with Crippen LogP contribution in [0.1, 0.15) is 24.5 Å². The van der Waals surface area contributed by atoms with Gasteiger partial charge in [0.05, 0.1) is 6.54 Å². The van der Waals surface area contributed by atoms with Crippen molar-refractivity contribution >= 4 is 40.8 Å². The number of hydrogen-bond acceptors (Lipinski definition) is 3. The maximum Gasteiger partial charge on any atom is 0.191 e. The minimum Gasteiger partial charge on any atom is -0.385 e. The number of methoxy groups -OCH3 is 1. The van der Waals surface area contributed by atoms with Crippen molar-refractivity contribution in [2.45, 2.75) is 26.7 Å². The second-order valence-corrected chi connectivity index (χ2v) is 6.90. The maximum absolute atomic E-state index is 5.10. The number of rotatable bonds is 11. The van der Waals surface area contributed by atoms with Gasteiger partial charge in [0, 0.05) is 57.0 Å². The number of fused-ring (bicyclic) bond motifs is 1. The van der Waals surface area contributed by atoms with Crippen LogP contribution in [0.2, 0.25) is 0 Å². The summed E-state index contributed by atoms with van der Waals surface area (Å²) in [6.45, 7) is 9.53. The summed E-state index contributed by atoms with van der Waals surface area (Å²) in [4.78, 5) is 10.4. The molecular weight excluding hydrogens is 465 g/mol. The van der Waals surface area contributed by atoms with E-state index in [9.17, 15) is 0 Å². The van der Waals surface area contributed by atoms with Gasteiger partial charge in [-0.3, -0.25) is 4.99 Å². The molecule has 0 aliphatic heterocycles. The molecule has 0 atom stereocenters. The van der Waals surface area contributed by atoms with Crippen LogP contribution >= 0.6 is 24.0 Å². The molecule has 2 rings (SSSR count). The number of nitrogens with one attached hydrogen (secondary N) is 3. The molecule has 0 aliphatic carbocycles. The molecule has 0 saturated heterocycles. The average Bonchev–Trinajstić information content (AvgIpc) is 3.06. The molecule has 0 fully saturated rings. The SMILES string of the molecule is CCNC(=NCCN(C)CCCOC)NCCc1c[nH]c2c(C)cccc12.I. The van der Waals surface area contributed by atoms with Crippen molar-refractivity contribution in [3.63, 3.8) is 0 Å². The number of aromatic amines is 1. The highest BCUT2D eigenvalue weighted by molar-refractivity contribution is 14.0.